The van der Waals surface area contributed by atoms with Gasteiger partial charge in [-0.1, -0.05) is 18.2 Å². The summed E-state index contributed by atoms with van der Waals surface area (Å²) in [6.45, 7) is 0. The third-order valence-electron chi connectivity index (χ3n) is 3.77. The van der Waals surface area contributed by atoms with E-state index in [0.29, 0.717) is 22.9 Å². The number of aromatic hydroxyl groups is 1. The molecule has 0 saturated heterocycles. The van der Waals surface area contributed by atoms with Crippen molar-refractivity contribution in [1.29, 1.82) is 0 Å². The summed E-state index contributed by atoms with van der Waals surface area (Å²) in [6.07, 6.45) is 0. The minimum absolute atomic E-state index is 0.136. The summed E-state index contributed by atoms with van der Waals surface area (Å²) in [5.74, 6) is 1.26. The quantitative estimate of drug-likeness (QED) is 0.666. The number of anilines is 2. The summed E-state index contributed by atoms with van der Waals surface area (Å²) in [6, 6.07) is 15.2. The van der Waals surface area contributed by atoms with E-state index in [1.165, 1.54) is 7.11 Å². The maximum absolute atomic E-state index is 12.4. The van der Waals surface area contributed by atoms with Crippen molar-refractivity contribution in [2.24, 2.45) is 0 Å². The van der Waals surface area contributed by atoms with Gasteiger partial charge in [0.05, 0.1) is 25.6 Å². The molecule has 0 aliphatic carbocycles. The van der Waals surface area contributed by atoms with Crippen molar-refractivity contribution >= 4 is 28.2 Å². The van der Waals surface area contributed by atoms with Crippen LogP contribution in [0.3, 0.4) is 0 Å². The summed E-state index contributed by atoms with van der Waals surface area (Å²) in [5.41, 5.74) is 1.08. The first kappa shape index (κ1) is 16.4. The number of methoxy groups -OCH3 is 2. The Balaban J connectivity index is 1.85. The van der Waals surface area contributed by atoms with Gasteiger partial charge in [-0.25, -0.2) is 4.79 Å². The van der Waals surface area contributed by atoms with Gasteiger partial charge in [-0.05, 0) is 35.7 Å². The second-order valence-electron chi connectivity index (χ2n) is 5.36. The zero-order chi connectivity index (χ0) is 17.8. The van der Waals surface area contributed by atoms with Crippen LogP contribution in [0.1, 0.15) is 0 Å². The van der Waals surface area contributed by atoms with Crippen LogP contribution in [0.25, 0.3) is 10.8 Å². The van der Waals surface area contributed by atoms with Gasteiger partial charge in [0.15, 0.2) is 0 Å². The third-order valence-corrected chi connectivity index (χ3v) is 3.77. The van der Waals surface area contributed by atoms with E-state index in [2.05, 4.69) is 10.6 Å². The van der Waals surface area contributed by atoms with Crippen molar-refractivity contribution < 1.29 is 19.4 Å². The molecule has 6 nitrogen and oxygen atoms in total. The lowest BCUT2D eigenvalue weighted by Crippen LogP contribution is -2.20. The van der Waals surface area contributed by atoms with Crippen molar-refractivity contribution in [3.63, 3.8) is 0 Å². The standard InChI is InChI=1S/C19H18N2O4/c1-24-14-8-9-18(25-2)17(11-14)21-19(23)20-16-5-3-4-12-6-7-13(22)10-15(12)16/h3-11,22H,1-2H3,(H2,20,21,23). The highest BCUT2D eigenvalue weighted by Gasteiger charge is 2.11. The number of hydrogen-bond acceptors (Lipinski definition) is 4. The van der Waals surface area contributed by atoms with Crippen molar-refractivity contribution in [2.75, 3.05) is 24.9 Å². The van der Waals surface area contributed by atoms with Gasteiger partial charge < -0.3 is 25.2 Å². The molecule has 3 aromatic rings. The van der Waals surface area contributed by atoms with E-state index in [1.54, 1.807) is 49.6 Å². The molecule has 0 atom stereocenters. The first-order chi connectivity index (χ1) is 12.1. The third kappa shape index (κ3) is 3.58. The predicted molar refractivity (Wildman–Crippen MR) is 97.8 cm³/mol. The van der Waals surface area contributed by atoms with Crippen LogP contribution in [0.15, 0.2) is 54.6 Å². The number of nitrogens with one attached hydrogen (secondary N) is 2. The number of carbonyl (C=O) groups excluding carboxylic acids is 1. The molecule has 3 rings (SSSR count). The normalized spacial score (nSPS) is 10.3. The first-order valence-corrected chi connectivity index (χ1v) is 7.62. The lowest BCUT2D eigenvalue weighted by Gasteiger charge is -2.13. The molecule has 0 aromatic heterocycles. The highest BCUT2D eigenvalue weighted by molar-refractivity contribution is 6.07. The van der Waals surface area contributed by atoms with Crippen LogP contribution in [0.4, 0.5) is 16.2 Å². The molecule has 6 heteroatoms. The van der Waals surface area contributed by atoms with Gasteiger partial charge >= 0.3 is 6.03 Å². The van der Waals surface area contributed by atoms with Crippen molar-refractivity contribution in [3.05, 3.63) is 54.6 Å². The molecular weight excluding hydrogens is 320 g/mol. The molecular formula is C19H18N2O4. The zero-order valence-corrected chi connectivity index (χ0v) is 13.9. The molecule has 3 aromatic carbocycles. The largest absolute Gasteiger partial charge is 0.508 e. The molecule has 0 unspecified atom stereocenters. The topological polar surface area (TPSA) is 79.8 Å². The van der Waals surface area contributed by atoms with Gasteiger partial charge in [0.25, 0.3) is 0 Å². The highest BCUT2D eigenvalue weighted by atomic mass is 16.5. The number of hydrogen-bond donors (Lipinski definition) is 3. The lowest BCUT2D eigenvalue weighted by atomic mass is 10.1. The van der Waals surface area contributed by atoms with Crippen LogP contribution in [-0.4, -0.2) is 25.4 Å². The number of rotatable bonds is 4. The molecule has 0 fully saturated rings. The Morgan fingerprint density at radius 1 is 0.920 bits per heavy atom. The van der Waals surface area contributed by atoms with Crippen LogP contribution in [0, 0.1) is 0 Å². The average molecular weight is 338 g/mol. The summed E-state index contributed by atoms with van der Waals surface area (Å²) < 4.78 is 10.4. The van der Waals surface area contributed by atoms with Crippen LogP contribution < -0.4 is 20.1 Å². The number of phenols is 1. The van der Waals surface area contributed by atoms with Crippen molar-refractivity contribution in [2.45, 2.75) is 0 Å². The molecule has 25 heavy (non-hydrogen) atoms. The highest BCUT2D eigenvalue weighted by Crippen LogP contribution is 2.30. The van der Waals surface area contributed by atoms with E-state index in [4.69, 9.17) is 9.47 Å². The van der Waals surface area contributed by atoms with Crippen LogP contribution >= 0.6 is 0 Å². The van der Waals surface area contributed by atoms with Gasteiger partial charge in [0.1, 0.15) is 17.2 Å². The second kappa shape index (κ2) is 7.00. The monoisotopic (exact) mass is 338 g/mol. The van der Waals surface area contributed by atoms with Crippen LogP contribution in [0.2, 0.25) is 0 Å². The number of fused-ring (bicyclic) bond motifs is 1. The second-order valence-corrected chi connectivity index (χ2v) is 5.36. The number of carbonyl (C=O) groups is 1. The number of amides is 2. The Morgan fingerprint density at radius 3 is 2.48 bits per heavy atom. The minimum atomic E-state index is -0.428. The van der Waals surface area contributed by atoms with Gasteiger partial charge in [-0.3, -0.25) is 0 Å². The zero-order valence-electron chi connectivity index (χ0n) is 13.9. The summed E-state index contributed by atoms with van der Waals surface area (Å²) in [4.78, 5) is 12.4. The molecule has 0 aliphatic heterocycles. The van der Waals surface area contributed by atoms with E-state index >= 15 is 0 Å². The SMILES string of the molecule is COc1ccc(OC)c(NC(=O)Nc2cccc3ccc(O)cc23)c1. The van der Waals surface area contributed by atoms with Crippen LogP contribution in [-0.2, 0) is 0 Å². The Kier molecular flexibility index (Phi) is 4.61. The number of phenolic OH excluding ortho intramolecular Hbond substituents is 1. The van der Waals surface area contributed by atoms with E-state index in [1.807, 2.05) is 12.1 Å². The number of ether oxygens (including phenoxy) is 2. The molecule has 128 valence electrons. The van der Waals surface area contributed by atoms with Crippen molar-refractivity contribution in [1.82, 2.24) is 0 Å². The molecule has 0 radical (unpaired) electrons. The Bertz CT molecular complexity index is 924. The molecule has 0 heterocycles. The predicted octanol–water partition coefficient (Wildman–Crippen LogP) is 4.21. The number of benzene rings is 3. The molecule has 0 saturated carbocycles. The van der Waals surface area contributed by atoms with Crippen LogP contribution in [0.5, 0.6) is 17.2 Å². The summed E-state index contributed by atoms with van der Waals surface area (Å²) in [7, 11) is 3.08. The molecule has 0 aliphatic rings. The minimum Gasteiger partial charge on any atom is -0.508 e. The van der Waals surface area contributed by atoms with Gasteiger partial charge in [0, 0.05) is 11.5 Å². The Morgan fingerprint density at radius 2 is 1.72 bits per heavy atom. The fourth-order valence-corrected chi connectivity index (χ4v) is 2.56. The lowest BCUT2D eigenvalue weighted by molar-refractivity contribution is 0.262. The van der Waals surface area contributed by atoms with E-state index in [0.717, 1.165) is 10.8 Å². The first-order valence-electron chi connectivity index (χ1n) is 7.62. The smallest absolute Gasteiger partial charge is 0.323 e. The van der Waals surface area contributed by atoms with Gasteiger partial charge in [-0.2, -0.15) is 0 Å². The van der Waals surface area contributed by atoms with E-state index in [-0.39, 0.29) is 5.75 Å². The molecule has 0 spiro atoms. The van der Waals surface area contributed by atoms with Gasteiger partial charge in [-0.15, -0.1) is 0 Å². The fourth-order valence-electron chi connectivity index (χ4n) is 2.56. The summed E-state index contributed by atoms with van der Waals surface area (Å²) >= 11 is 0. The fraction of sp³-hybridized carbons (Fsp3) is 0.105. The Labute approximate surface area is 145 Å². The number of urea groups is 1. The average Bonchev–Trinajstić information content (AvgIpc) is 2.62. The molecule has 2 amide bonds. The maximum Gasteiger partial charge on any atom is 0.323 e. The molecule has 3 N–H and O–H groups in total. The molecule has 0 bridgehead atoms. The maximum atomic E-state index is 12.4. The van der Waals surface area contributed by atoms with E-state index < -0.39 is 6.03 Å². The summed E-state index contributed by atoms with van der Waals surface area (Å²) in [5, 5.41) is 16.9. The van der Waals surface area contributed by atoms with Crippen molar-refractivity contribution in [3.8, 4) is 17.2 Å². The van der Waals surface area contributed by atoms with Gasteiger partial charge in [0.2, 0.25) is 0 Å². The Hall–Kier alpha value is -3.41. The van der Waals surface area contributed by atoms with E-state index in [9.17, 15) is 9.90 Å².